The molecule has 0 aliphatic carbocycles. The number of amides is 2. The summed E-state index contributed by atoms with van der Waals surface area (Å²) < 4.78 is 18.3. The molecule has 0 radical (unpaired) electrons. The van der Waals surface area contributed by atoms with Gasteiger partial charge in [0.15, 0.2) is 5.92 Å². The lowest BCUT2D eigenvalue weighted by Crippen LogP contribution is -2.73. The van der Waals surface area contributed by atoms with Crippen LogP contribution < -0.4 is 5.32 Å². The van der Waals surface area contributed by atoms with Crippen LogP contribution in [-0.4, -0.2) is 55.1 Å². The van der Waals surface area contributed by atoms with E-state index in [1.54, 1.807) is 30.3 Å². The van der Waals surface area contributed by atoms with Crippen LogP contribution in [0.5, 0.6) is 0 Å². The van der Waals surface area contributed by atoms with Gasteiger partial charge in [-0.3, -0.25) is 23.5 Å². The smallest absolute Gasteiger partial charge is 0.352 e. The van der Waals surface area contributed by atoms with Crippen LogP contribution in [0.25, 0.3) is 10.8 Å². The number of benzene rings is 3. The molecule has 3 aromatic carbocycles. The minimum atomic E-state index is -1.62. The molecule has 0 bridgehead atoms. The van der Waals surface area contributed by atoms with E-state index in [-0.39, 0.29) is 18.1 Å². The molecule has 9 nitrogen and oxygen atoms in total. The van der Waals surface area contributed by atoms with Gasteiger partial charge in [0.25, 0.3) is 5.91 Å². The van der Waals surface area contributed by atoms with Crippen molar-refractivity contribution in [3.05, 3.63) is 95.2 Å². The number of β-lactam (4-membered cyclic amide) rings is 1. The van der Waals surface area contributed by atoms with Crippen LogP contribution in [0.4, 0.5) is 0 Å². The molecular weight excluding hydrogens is 508 g/mol. The highest BCUT2D eigenvalue weighted by Crippen LogP contribution is 2.35. The Morgan fingerprint density at radius 2 is 1.74 bits per heavy atom. The van der Waals surface area contributed by atoms with Gasteiger partial charge in [-0.25, -0.2) is 4.79 Å². The minimum absolute atomic E-state index is 0.0294. The van der Waals surface area contributed by atoms with Crippen LogP contribution in [-0.2, 0) is 41.3 Å². The Morgan fingerprint density at radius 3 is 2.45 bits per heavy atom. The third-order valence-electron chi connectivity index (χ3n) is 6.64. The second-order valence-corrected chi connectivity index (χ2v) is 10.7. The summed E-state index contributed by atoms with van der Waals surface area (Å²) in [6, 6.07) is 20.5. The zero-order valence-corrected chi connectivity index (χ0v) is 21.1. The van der Waals surface area contributed by atoms with E-state index in [1.165, 1.54) is 6.92 Å². The van der Waals surface area contributed by atoms with Gasteiger partial charge >= 0.3 is 11.9 Å². The van der Waals surface area contributed by atoms with Gasteiger partial charge in [-0.1, -0.05) is 66.7 Å². The summed E-state index contributed by atoms with van der Waals surface area (Å²) >= 11 is 0. The van der Waals surface area contributed by atoms with E-state index in [0.29, 0.717) is 11.1 Å². The first kappa shape index (κ1) is 25.3. The molecule has 38 heavy (non-hydrogen) atoms. The molecule has 2 N–H and O–H groups in total. The molecule has 194 valence electrons. The van der Waals surface area contributed by atoms with Gasteiger partial charge in [0.05, 0.1) is 10.8 Å². The molecule has 0 aromatic heterocycles. The Hall–Kier alpha value is -4.31. The number of nitrogens with one attached hydrogen (secondary N) is 1. The lowest BCUT2D eigenvalue weighted by molar-refractivity contribution is -0.154. The van der Waals surface area contributed by atoms with Gasteiger partial charge in [0.1, 0.15) is 23.7 Å². The van der Waals surface area contributed by atoms with Gasteiger partial charge in [0.2, 0.25) is 5.91 Å². The fourth-order valence-corrected chi connectivity index (χ4v) is 6.47. The number of carboxylic acid groups (broad SMARTS) is 1. The Balaban J connectivity index is 1.34. The van der Waals surface area contributed by atoms with E-state index in [2.05, 4.69) is 5.32 Å². The molecule has 0 spiro atoms. The lowest BCUT2D eigenvalue weighted by atomic mass is 9.96. The molecule has 5 rings (SSSR count). The molecule has 2 heterocycles. The number of esters is 1. The topological polar surface area (TPSA) is 130 Å². The third kappa shape index (κ3) is 4.58. The normalized spacial score (nSPS) is 21.3. The molecule has 1 saturated heterocycles. The molecule has 1 fully saturated rings. The van der Waals surface area contributed by atoms with Crippen LogP contribution >= 0.6 is 0 Å². The molecular formula is C28H24N2O7S. The molecule has 0 saturated carbocycles. The molecule has 3 unspecified atom stereocenters. The molecule has 3 aromatic rings. The van der Waals surface area contributed by atoms with E-state index in [4.69, 9.17) is 4.74 Å². The van der Waals surface area contributed by atoms with Gasteiger partial charge in [-0.2, -0.15) is 0 Å². The predicted molar refractivity (Wildman–Crippen MR) is 139 cm³/mol. The highest BCUT2D eigenvalue weighted by atomic mass is 32.2. The van der Waals surface area contributed by atoms with Gasteiger partial charge in [-0.05, 0) is 40.5 Å². The van der Waals surface area contributed by atoms with Crippen LogP contribution in [0.2, 0.25) is 0 Å². The number of carbonyl (C=O) groups is 4. The number of rotatable bonds is 7. The minimum Gasteiger partial charge on any atom is -0.477 e. The summed E-state index contributed by atoms with van der Waals surface area (Å²) in [4.78, 5) is 52.1. The number of hydrogen-bond acceptors (Lipinski definition) is 6. The van der Waals surface area contributed by atoms with Crippen molar-refractivity contribution >= 4 is 45.3 Å². The maximum atomic E-state index is 13.4. The second-order valence-electron chi connectivity index (χ2n) is 9.18. The summed E-state index contributed by atoms with van der Waals surface area (Å²) in [5.74, 6) is -5.01. The Kier molecular flexibility index (Phi) is 6.81. The number of carboxylic acids is 1. The maximum Gasteiger partial charge on any atom is 0.352 e. The number of fused-ring (bicyclic) bond motifs is 2. The summed E-state index contributed by atoms with van der Waals surface area (Å²) in [5.41, 5.74) is 1.21. The van der Waals surface area contributed by atoms with Crippen molar-refractivity contribution in [1.29, 1.82) is 0 Å². The Labute approximate surface area is 220 Å². The molecule has 2 aliphatic heterocycles. The highest BCUT2D eigenvalue weighted by Gasteiger charge is 2.57. The first-order valence-corrected chi connectivity index (χ1v) is 13.3. The van der Waals surface area contributed by atoms with E-state index in [0.717, 1.165) is 21.2 Å². The first-order valence-electron chi connectivity index (χ1n) is 11.9. The summed E-state index contributed by atoms with van der Waals surface area (Å²) in [6.45, 7) is 1.45. The maximum absolute atomic E-state index is 13.4. The van der Waals surface area contributed by atoms with Crippen LogP contribution in [0.15, 0.2) is 84.1 Å². The SMILES string of the molecule is CC1=C(C(=O)O)N2C(=O)C(NC(=O)C(C(=O)OCc3ccc4ccccc4c3)c3ccccc3)[C@H]2S(=O)C1. The number of nitrogens with zero attached hydrogens (tertiary/aromatic N) is 1. The van der Waals surface area contributed by atoms with Crippen molar-refractivity contribution in [2.45, 2.75) is 30.9 Å². The van der Waals surface area contributed by atoms with Crippen molar-refractivity contribution in [1.82, 2.24) is 10.2 Å². The molecule has 2 aliphatic rings. The summed E-state index contributed by atoms with van der Waals surface area (Å²) in [6.07, 6.45) is 0. The second kappa shape index (κ2) is 10.2. The number of hydrogen-bond donors (Lipinski definition) is 2. The van der Waals surface area contributed by atoms with Crippen molar-refractivity contribution in [2.24, 2.45) is 0 Å². The Bertz CT molecular complexity index is 1520. The zero-order valence-electron chi connectivity index (χ0n) is 20.3. The largest absolute Gasteiger partial charge is 0.477 e. The average molecular weight is 533 g/mol. The fourth-order valence-electron chi connectivity index (χ4n) is 4.81. The van der Waals surface area contributed by atoms with Gasteiger partial charge < -0.3 is 15.2 Å². The van der Waals surface area contributed by atoms with Crippen LogP contribution in [0.3, 0.4) is 0 Å². The van der Waals surface area contributed by atoms with Crippen LogP contribution in [0.1, 0.15) is 24.0 Å². The first-order chi connectivity index (χ1) is 18.3. The fraction of sp³-hybridized carbons (Fsp3) is 0.214. The van der Waals surface area contributed by atoms with Crippen molar-refractivity contribution in [3.8, 4) is 0 Å². The zero-order chi connectivity index (χ0) is 27.0. The monoisotopic (exact) mass is 532 g/mol. The van der Waals surface area contributed by atoms with Crippen molar-refractivity contribution in [3.63, 3.8) is 0 Å². The van der Waals surface area contributed by atoms with Gasteiger partial charge in [-0.15, -0.1) is 0 Å². The predicted octanol–water partition coefficient (Wildman–Crippen LogP) is 2.44. The van der Waals surface area contributed by atoms with Gasteiger partial charge in [0, 0.05) is 5.75 Å². The van der Waals surface area contributed by atoms with Crippen molar-refractivity contribution < 1.29 is 33.2 Å². The average Bonchev–Trinajstić information content (AvgIpc) is 2.90. The molecule has 4 atom stereocenters. The summed E-state index contributed by atoms with van der Waals surface area (Å²) in [5, 5.41) is 13.1. The van der Waals surface area contributed by atoms with Crippen molar-refractivity contribution in [2.75, 3.05) is 5.75 Å². The van der Waals surface area contributed by atoms with E-state index in [1.807, 2.05) is 42.5 Å². The highest BCUT2D eigenvalue weighted by molar-refractivity contribution is 7.86. The van der Waals surface area contributed by atoms with E-state index in [9.17, 15) is 28.5 Å². The van der Waals surface area contributed by atoms with E-state index < -0.39 is 51.9 Å². The number of carbonyl (C=O) groups excluding carboxylic acids is 3. The Morgan fingerprint density at radius 1 is 1.05 bits per heavy atom. The quantitative estimate of drug-likeness (QED) is 0.272. The number of ether oxygens (including phenoxy) is 1. The standard InChI is InChI=1S/C28H24N2O7S/c1-16-15-38(36)26-22(25(32)30(26)23(16)27(33)34)29-24(31)21(19-8-3-2-4-9-19)28(35)37-14-17-11-12-18-7-5-6-10-20(18)13-17/h2-13,21-22,26H,14-15H2,1H3,(H,29,31)(H,33,34)/t21?,22?,26-,38?/m1/s1. The van der Waals surface area contributed by atoms with E-state index >= 15 is 0 Å². The van der Waals surface area contributed by atoms with Crippen LogP contribution in [0, 0.1) is 0 Å². The summed E-state index contributed by atoms with van der Waals surface area (Å²) in [7, 11) is -1.62. The number of aliphatic carboxylic acids is 1. The third-order valence-corrected chi connectivity index (χ3v) is 8.38. The molecule has 10 heteroatoms. The molecule has 2 amide bonds. The lowest BCUT2D eigenvalue weighted by Gasteiger charge is -2.49.